The van der Waals surface area contributed by atoms with Crippen LogP contribution in [0.15, 0.2) is 15.8 Å². The van der Waals surface area contributed by atoms with E-state index in [-0.39, 0.29) is 11.8 Å². The summed E-state index contributed by atoms with van der Waals surface area (Å²) < 4.78 is 0.873. The third kappa shape index (κ3) is 2.77. The second kappa shape index (κ2) is 5.88. The van der Waals surface area contributed by atoms with Crippen molar-refractivity contribution < 1.29 is 4.79 Å². The number of nitrogens with one attached hydrogen (secondary N) is 1. The predicted octanol–water partition coefficient (Wildman–Crippen LogP) is 1.53. The highest BCUT2D eigenvalue weighted by atomic mass is 79.9. The maximum Gasteiger partial charge on any atom is 0.224 e. The topological polar surface area (TPSA) is 58.1 Å². The van der Waals surface area contributed by atoms with Crippen LogP contribution in [0.2, 0.25) is 0 Å². The Labute approximate surface area is 119 Å². The summed E-state index contributed by atoms with van der Waals surface area (Å²) in [6, 6.07) is 0. The smallest absolute Gasteiger partial charge is 0.224 e. The number of carbonyl (C=O) groups excluding carboxylic acids is 1. The molecule has 0 aliphatic carbocycles. The Balaban J connectivity index is 2.16. The van der Waals surface area contributed by atoms with E-state index in [2.05, 4.69) is 36.1 Å². The first kappa shape index (κ1) is 13.6. The molecule has 2 rings (SSSR count). The number of amides is 1. The van der Waals surface area contributed by atoms with Crippen molar-refractivity contribution in [3.05, 3.63) is 10.7 Å². The monoisotopic (exact) mass is 330 g/mol. The maximum absolute atomic E-state index is 11.6. The highest BCUT2D eigenvalue weighted by Gasteiger charge is 2.29. The Morgan fingerprint density at radius 1 is 1.67 bits per heavy atom. The van der Waals surface area contributed by atoms with Crippen molar-refractivity contribution >= 4 is 39.4 Å². The van der Waals surface area contributed by atoms with Gasteiger partial charge < -0.3 is 10.2 Å². The van der Waals surface area contributed by atoms with Crippen LogP contribution >= 0.6 is 27.7 Å². The van der Waals surface area contributed by atoms with E-state index in [0.717, 1.165) is 28.4 Å². The number of rotatable bonds is 3. The summed E-state index contributed by atoms with van der Waals surface area (Å²) >= 11 is 4.98. The molecule has 2 heterocycles. The van der Waals surface area contributed by atoms with Crippen LogP contribution in [0, 0.1) is 5.92 Å². The van der Waals surface area contributed by atoms with Crippen LogP contribution in [0.5, 0.6) is 0 Å². The number of hydrogen-bond donors (Lipinski definition) is 1. The maximum atomic E-state index is 11.6. The van der Waals surface area contributed by atoms with Gasteiger partial charge in [-0.2, -0.15) is 0 Å². The van der Waals surface area contributed by atoms with E-state index in [1.54, 1.807) is 13.2 Å². The standard InChI is InChI=1S/C11H15BrN4OS/c1-13-10(17)7-3-4-16(6-7)9-8(12)5-14-11(15-9)18-2/h5,7H,3-4,6H2,1-2H3,(H,13,17). The number of carbonyl (C=O) groups is 1. The van der Waals surface area contributed by atoms with E-state index in [4.69, 9.17) is 0 Å². The van der Waals surface area contributed by atoms with Crippen LogP contribution in [0.3, 0.4) is 0 Å². The Bertz CT molecular complexity index is 457. The van der Waals surface area contributed by atoms with Gasteiger partial charge in [0.1, 0.15) is 5.82 Å². The Kier molecular flexibility index (Phi) is 4.45. The SMILES string of the molecule is CNC(=O)C1CCN(c2nc(SC)ncc2Br)C1. The third-order valence-corrected chi connectivity index (χ3v) is 4.11. The summed E-state index contributed by atoms with van der Waals surface area (Å²) in [6.45, 7) is 1.56. The number of halogens is 1. The van der Waals surface area contributed by atoms with Crippen molar-refractivity contribution in [2.75, 3.05) is 31.3 Å². The Morgan fingerprint density at radius 3 is 3.11 bits per heavy atom. The zero-order valence-corrected chi connectivity index (χ0v) is 12.7. The number of nitrogens with zero attached hydrogens (tertiary/aromatic N) is 3. The van der Waals surface area contributed by atoms with E-state index < -0.39 is 0 Å². The minimum absolute atomic E-state index is 0.0506. The summed E-state index contributed by atoms with van der Waals surface area (Å²) in [7, 11) is 1.68. The van der Waals surface area contributed by atoms with Crippen LogP contribution in [0.4, 0.5) is 5.82 Å². The molecule has 1 aromatic heterocycles. The summed E-state index contributed by atoms with van der Waals surface area (Å²) in [5, 5.41) is 3.45. The molecule has 1 fully saturated rings. The average Bonchev–Trinajstić information content (AvgIpc) is 2.88. The molecule has 0 saturated carbocycles. The van der Waals surface area contributed by atoms with Crippen LogP contribution < -0.4 is 10.2 Å². The van der Waals surface area contributed by atoms with Gasteiger partial charge in [0, 0.05) is 26.3 Å². The molecule has 5 nitrogen and oxygen atoms in total. The van der Waals surface area contributed by atoms with Crippen LogP contribution in [-0.4, -0.2) is 42.3 Å². The first-order valence-corrected chi connectivity index (χ1v) is 7.70. The fourth-order valence-corrected chi connectivity index (χ4v) is 2.81. The van der Waals surface area contributed by atoms with Crippen LogP contribution in [0.1, 0.15) is 6.42 Å². The summed E-state index contributed by atoms with van der Waals surface area (Å²) in [6.07, 6.45) is 4.58. The molecule has 0 radical (unpaired) electrons. The first-order valence-electron chi connectivity index (χ1n) is 5.68. The van der Waals surface area contributed by atoms with Crippen molar-refractivity contribution in [1.29, 1.82) is 0 Å². The molecule has 0 spiro atoms. The van der Waals surface area contributed by atoms with Crippen LogP contribution in [-0.2, 0) is 4.79 Å². The molecule has 1 saturated heterocycles. The van der Waals surface area contributed by atoms with E-state index in [1.165, 1.54) is 11.8 Å². The highest BCUT2D eigenvalue weighted by Crippen LogP contribution is 2.29. The molecule has 1 amide bonds. The van der Waals surface area contributed by atoms with Crippen molar-refractivity contribution in [3.8, 4) is 0 Å². The van der Waals surface area contributed by atoms with Gasteiger partial charge in [-0.3, -0.25) is 4.79 Å². The van der Waals surface area contributed by atoms with Crippen molar-refractivity contribution in [3.63, 3.8) is 0 Å². The molecule has 1 atom stereocenters. The molecule has 1 aliphatic rings. The quantitative estimate of drug-likeness (QED) is 0.672. The molecular weight excluding hydrogens is 316 g/mol. The third-order valence-electron chi connectivity index (χ3n) is 2.99. The van der Waals surface area contributed by atoms with Gasteiger partial charge in [-0.1, -0.05) is 11.8 Å². The van der Waals surface area contributed by atoms with Gasteiger partial charge in [0.2, 0.25) is 5.91 Å². The van der Waals surface area contributed by atoms with Gasteiger partial charge >= 0.3 is 0 Å². The zero-order chi connectivity index (χ0) is 13.1. The van der Waals surface area contributed by atoms with Crippen molar-refractivity contribution in [2.24, 2.45) is 5.92 Å². The summed E-state index contributed by atoms with van der Waals surface area (Å²) in [5.41, 5.74) is 0. The molecule has 0 bridgehead atoms. The van der Waals surface area contributed by atoms with Gasteiger partial charge in [-0.05, 0) is 28.6 Å². The van der Waals surface area contributed by atoms with E-state index in [0.29, 0.717) is 6.54 Å². The zero-order valence-electron chi connectivity index (χ0n) is 10.3. The lowest BCUT2D eigenvalue weighted by atomic mass is 10.1. The molecule has 1 N–H and O–H groups in total. The normalized spacial score (nSPS) is 19.1. The minimum atomic E-state index is 0.0506. The number of thioether (sulfide) groups is 1. The molecular formula is C11H15BrN4OS. The van der Waals surface area contributed by atoms with Gasteiger partial charge in [0.25, 0.3) is 0 Å². The second-order valence-corrected chi connectivity index (χ2v) is 5.70. The number of hydrogen-bond acceptors (Lipinski definition) is 5. The lowest BCUT2D eigenvalue weighted by Gasteiger charge is -2.18. The molecule has 0 aromatic carbocycles. The number of anilines is 1. The van der Waals surface area contributed by atoms with E-state index in [9.17, 15) is 4.79 Å². The van der Waals surface area contributed by atoms with Crippen LogP contribution in [0.25, 0.3) is 0 Å². The summed E-state index contributed by atoms with van der Waals surface area (Å²) in [5.74, 6) is 1.03. The molecule has 1 unspecified atom stereocenters. The largest absolute Gasteiger partial charge is 0.359 e. The fraction of sp³-hybridized carbons (Fsp3) is 0.545. The lowest BCUT2D eigenvalue weighted by Crippen LogP contribution is -2.30. The molecule has 18 heavy (non-hydrogen) atoms. The number of aromatic nitrogens is 2. The van der Waals surface area contributed by atoms with Gasteiger partial charge in [-0.25, -0.2) is 9.97 Å². The lowest BCUT2D eigenvalue weighted by molar-refractivity contribution is -0.123. The predicted molar refractivity (Wildman–Crippen MR) is 75.9 cm³/mol. The Morgan fingerprint density at radius 2 is 2.44 bits per heavy atom. The fourth-order valence-electron chi connectivity index (χ4n) is 2.03. The van der Waals surface area contributed by atoms with E-state index >= 15 is 0 Å². The van der Waals surface area contributed by atoms with Crippen molar-refractivity contribution in [1.82, 2.24) is 15.3 Å². The second-order valence-electron chi connectivity index (χ2n) is 4.07. The summed E-state index contributed by atoms with van der Waals surface area (Å²) in [4.78, 5) is 22.4. The highest BCUT2D eigenvalue weighted by molar-refractivity contribution is 9.10. The van der Waals surface area contributed by atoms with Gasteiger partial charge in [0.15, 0.2) is 5.16 Å². The van der Waals surface area contributed by atoms with Gasteiger partial charge in [0.05, 0.1) is 10.4 Å². The molecule has 1 aliphatic heterocycles. The van der Waals surface area contributed by atoms with E-state index in [1.807, 2.05) is 6.26 Å². The molecule has 7 heteroatoms. The molecule has 98 valence electrons. The molecule has 1 aromatic rings. The minimum Gasteiger partial charge on any atom is -0.359 e. The average molecular weight is 331 g/mol. The van der Waals surface area contributed by atoms with Crippen molar-refractivity contribution in [2.45, 2.75) is 11.6 Å². The Hall–Kier alpha value is -0.820. The first-order chi connectivity index (χ1) is 8.65. The van der Waals surface area contributed by atoms with Gasteiger partial charge in [-0.15, -0.1) is 0 Å².